The molecular formula is C14H13N3O4. The lowest BCUT2D eigenvalue weighted by molar-refractivity contribution is 0.0697. The molecule has 2 heterocycles. The van der Waals surface area contributed by atoms with Gasteiger partial charge in [-0.3, -0.25) is 4.57 Å². The van der Waals surface area contributed by atoms with Crippen LogP contribution in [0.1, 0.15) is 27.4 Å². The van der Waals surface area contributed by atoms with E-state index in [0.29, 0.717) is 23.3 Å². The minimum absolute atomic E-state index is 0.133. The number of carbonyl (C=O) groups is 1. The standard InChI is InChI=1S/C14H13N3O4/c1-7-10(8(2)21-16-7)6-17-12-4-3-9(13(18)19)5-11(12)15-14(17)20/h3-5H,6H2,1-2H3,(H,15,20)(H,18,19). The van der Waals surface area contributed by atoms with Crippen molar-refractivity contribution in [3.63, 3.8) is 0 Å². The number of aromatic carboxylic acids is 1. The second-order valence-corrected chi connectivity index (χ2v) is 4.86. The van der Waals surface area contributed by atoms with Gasteiger partial charge < -0.3 is 14.6 Å². The van der Waals surface area contributed by atoms with Gasteiger partial charge in [-0.05, 0) is 32.0 Å². The van der Waals surface area contributed by atoms with Crippen LogP contribution in [0.2, 0.25) is 0 Å². The fraction of sp³-hybridized carbons (Fsp3) is 0.214. The van der Waals surface area contributed by atoms with Crippen LogP contribution in [0.5, 0.6) is 0 Å². The van der Waals surface area contributed by atoms with Crippen LogP contribution in [0.15, 0.2) is 27.5 Å². The van der Waals surface area contributed by atoms with E-state index in [4.69, 9.17) is 9.63 Å². The highest BCUT2D eigenvalue weighted by atomic mass is 16.5. The Morgan fingerprint density at radius 2 is 2.19 bits per heavy atom. The Morgan fingerprint density at radius 1 is 1.43 bits per heavy atom. The monoisotopic (exact) mass is 287 g/mol. The molecule has 0 unspecified atom stereocenters. The zero-order valence-electron chi connectivity index (χ0n) is 11.5. The van der Waals surface area contributed by atoms with Crippen molar-refractivity contribution in [3.8, 4) is 0 Å². The van der Waals surface area contributed by atoms with Crippen LogP contribution < -0.4 is 5.69 Å². The Balaban J connectivity index is 2.13. The molecule has 3 aromatic rings. The van der Waals surface area contributed by atoms with E-state index >= 15 is 0 Å². The van der Waals surface area contributed by atoms with Crippen LogP contribution in [-0.2, 0) is 6.54 Å². The molecule has 0 aliphatic carbocycles. The number of H-pyrrole nitrogens is 1. The van der Waals surface area contributed by atoms with Gasteiger partial charge in [-0.15, -0.1) is 0 Å². The van der Waals surface area contributed by atoms with E-state index in [0.717, 1.165) is 11.3 Å². The first kappa shape index (κ1) is 13.2. The zero-order valence-corrected chi connectivity index (χ0v) is 11.5. The number of hydrogen-bond acceptors (Lipinski definition) is 4. The van der Waals surface area contributed by atoms with Gasteiger partial charge >= 0.3 is 11.7 Å². The lowest BCUT2D eigenvalue weighted by Gasteiger charge is -2.03. The number of fused-ring (bicyclic) bond motifs is 1. The van der Waals surface area contributed by atoms with Gasteiger partial charge in [-0.25, -0.2) is 9.59 Å². The van der Waals surface area contributed by atoms with Crippen molar-refractivity contribution >= 4 is 17.0 Å². The van der Waals surface area contributed by atoms with Crippen molar-refractivity contribution in [2.75, 3.05) is 0 Å². The molecule has 0 radical (unpaired) electrons. The third kappa shape index (κ3) is 2.12. The molecule has 0 fully saturated rings. The van der Waals surface area contributed by atoms with Crippen LogP contribution in [0.25, 0.3) is 11.0 Å². The molecule has 1 aromatic carbocycles. The molecule has 0 aliphatic heterocycles. The third-order valence-electron chi connectivity index (χ3n) is 3.52. The normalized spacial score (nSPS) is 11.1. The molecule has 21 heavy (non-hydrogen) atoms. The maximum Gasteiger partial charge on any atom is 0.335 e. The minimum Gasteiger partial charge on any atom is -0.478 e. The number of hydrogen-bond donors (Lipinski definition) is 2. The van der Waals surface area contributed by atoms with E-state index in [1.165, 1.54) is 16.7 Å². The minimum atomic E-state index is -1.03. The quantitative estimate of drug-likeness (QED) is 0.763. The number of carboxylic acids is 1. The molecule has 2 N–H and O–H groups in total. The number of carboxylic acid groups (broad SMARTS) is 1. The Morgan fingerprint density at radius 3 is 2.81 bits per heavy atom. The van der Waals surface area contributed by atoms with Gasteiger partial charge in [0, 0.05) is 5.56 Å². The highest BCUT2D eigenvalue weighted by Crippen LogP contribution is 2.17. The summed E-state index contributed by atoms with van der Waals surface area (Å²) in [4.78, 5) is 25.7. The van der Waals surface area contributed by atoms with Gasteiger partial charge in [-0.1, -0.05) is 5.16 Å². The molecular weight excluding hydrogens is 274 g/mol. The summed E-state index contributed by atoms with van der Waals surface area (Å²) in [5.74, 6) is -0.368. The van der Waals surface area contributed by atoms with Gasteiger partial charge in [0.2, 0.25) is 0 Å². The van der Waals surface area contributed by atoms with Crippen molar-refractivity contribution in [1.82, 2.24) is 14.7 Å². The smallest absolute Gasteiger partial charge is 0.335 e. The summed E-state index contributed by atoms with van der Waals surface area (Å²) in [6.45, 7) is 3.93. The summed E-state index contributed by atoms with van der Waals surface area (Å²) in [6, 6.07) is 4.54. The lowest BCUT2D eigenvalue weighted by atomic mass is 10.2. The third-order valence-corrected chi connectivity index (χ3v) is 3.52. The molecule has 0 saturated carbocycles. The van der Waals surface area contributed by atoms with Gasteiger partial charge in [0.05, 0.1) is 28.8 Å². The summed E-state index contributed by atoms with van der Waals surface area (Å²) in [7, 11) is 0. The SMILES string of the molecule is Cc1noc(C)c1Cn1c(=O)[nH]c2cc(C(=O)O)ccc21. The van der Waals surface area contributed by atoms with Crippen molar-refractivity contribution < 1.29 is 14.4 Å². The summed E-state index contributed by atoms with van der Waals surface area (Å²) in [5.41, 5.74) is 2.55. The highest BCUT2D eigenvalue weighted by molar-refractivity contribution is 5.92. The van der Waals surface area contributed by atoms with E-state index in [9.17, 15) is 9.59 Å². The van der Waals surface area contributed by atoms with Crippen molar-refractivity contribution in [2.45, 2.75) is 20.4 Å². The second kappa shape index (κ2) is 4.62. The predicted octanol–water partition coefficient (Wildman–Crippen LogP) is 1.68. The average Bonchev–Trinajstić information content (AvgIpc) is 2.92. The first-order chi connectivity index (χ1) is 9.97. The van der Waals surface area contributed by atoms with Crippen molar-refractivity contribution in [2.24, 2.45) is 0 Å². The van der Waals surface area contributed by atoms with Crippen LogP contribution in [-0.4, -0.2) is 25.8 Å². The number of aromatic amines is 1. The van der Waals surface area contributed by atoms with Crippen LogP contribution in [0.4, 0.5) is 0 Å². The number of rotatable bonds is 3. The predicted molar refractivity (Wildman–Crippen MR) is 74.6 cm³/mol. The number of nitrogens with one attached hydrogen (secondary N) is 1. The fourth-order valence-corrected chi connectivity index (χ4v) is 2.34. The van der Waals surface area contributed by atoms with Gasteiger partial charge in [0.1, 0.15) is 5.76 Å². The van der Waals surface area contributed by atoms with Gasteiger partial charge in [0.15, 0.2) is 0 Å². The largest absolute Gasteiger partial charge is 0.478 e. The fourth-order valence-electron chi connectivity index (χ4n) is 2.34. The summed E-state index contributed by atoms with van der Waals surface area (Å²) < 4.78 is 6.63. The maximum absolute atomic E-state index is 12.1. The Bertz CT molecular complexity index is 881. The van der Waals surface area contributed by atoms with E-state index in [2.05, 4.69) is 10.1 Å². The van der Waals surface area contributed by atoms with E-state index in [1.807, 2.05) is 6.92 Å². The zero-order chi connectivity index (χ0) is 15.1. The molecule has 0 atom stereocenters. The number of aromatic nitrogens is 3. The van der Waals surface area contributed by atoms with Gasteiger partial charge in [0.25, 0.3) is 0 Å². The number of benzene rings is 1. The molecule has 7 heteroatoms. The second-order valence-electron chi connectivity index (χ2n) is 4.86. The maximum atomic E-state index is 12.1. The van der Waals surface area contributed by atoms with Gasteiger partial charge in [-0.2, -0.15) is 0 Å². The molecule has 108 valence electrons. The van der Waals surface area contributed by atoms with Crippen LogP contribution in [0.3, 0.4) is 0 Å². The van der Waals surface area contributed by atoms with Crippen LogP contribution >= 0.6 is 0 Å². The molecule has 0 saturated heterocycles. The number of aryl methyl sites for hydroxylation is 2. The highest BCUT2D eigenvalue weighted by Gasteiger charge is 2.14. The number of nitrogens with zero attached hydrogens (tertiary/aromatic N) is 2. The molecule has 7 nitrogen and oxygen atoms in total. The molecule has 0 bridgehead atoms. The summed E-state index contributed by atoms with van der Waals surface area (Å²) in [5, 5.41) is 12.8. The number of imidazole rings is 1. The topological polar surface area (TPSA) is 101 Å². The van der Waals surface area contributed by atoms with E-state index in [-0.39, 0.29) is 11.3 Å². The Hall–Kier alpha value is -2.83. The first-order valence-corrected chi connectivity index (χ1v) is 6.35. The summed E-state index contributed by atoms with van der Waals surface area (Å²) in [6.07, 6.45) is 0. The molecule has 0 spiro atoms. The molecule has 0 aliphatic rings. The first-order valence-electron chi connectivity index (χ1n) is 6.35. The molecule has 2 aromatic heterocycles. The summed E-state index contributed by atoms with van der Waals surface area (Å²) >= 11 is 0. The molecule has 0 amide bonds. The molecule has 3 rings (SSSR count). The van der Waals surface area contributed by atoms with E-state index in [1.54, 1.807) is 13.0 Å². The van der Waals surface area contributed by atoms with Crippen molar-refractivity contribution in [1.29, 1.82) is 0 Å². The lowest BCUT2D eigenvalue weighted by Crippen LogP contribution is -2.17. The Labute approximate surface area is 118 Å². The van der Waals surface area contributed by atoms with Crippen molar-refractivity contribution in [3.05, 3.63) is 51.3 Å². The Kier molecular flexibility index (Phi) is 2.90. The van der Waals surface area contributed by atoms with E-state index < -0.39 is 5.97 Å². The van der Waals surface area contributed by atoms with Crippen LogP contribution in [0, 0.1) is 13.8 Å². The average molecular weight is 287 g/mol.